The lowest BCUT2D eigenvalue weighted by Gasteiger charge is -2.03. The Bertz CT molecular complexity index is 982. The molecule has 4 aromatic rings. The van der Waals surface area contributed by atoms with Gasteiger partial charge in [0.25, 0.3) is 0 Å². The lowest BCUT2D eigenvalue weighted by atomic mass is 10.0. The van der Waals surface area contributed by atoms with Crippen molar-refractivity contribution in [3.8, 4) is 22.3 Å². The van der Waals surface area contributed by atoms with Crippen LogP contribution in [-0.4, -0.2) is 0 Å². The molecule has 0 atom stereocenters. The first kappa shape index (κ1) is 17.9. The zero-order valence-corrected chi connectivity index (χ0v) is 15.1. The number of benzene rings is 4. The van der Waals surface area contributed by atoms with Crippen LogP contribution in [0.5, 0.6) is 0 Å². The maximum absolute atomic E-state index is 13.0. The molecule has 2 heteroatoms. The first-order valence-corrected chi connectivity index (χ1v) is 9.07. The number of halogens is 2. The van der Waals surface area contributed by atoms with Gasteiger partial charge in [-0.25, -0.2) is 8.78 Å². The molecule has 0 bridgehead atoms. The quantitative estimate of drug-likeness (QED) is 0.328. The molecule has 0 saturated carbocycles. The Balaban J connectivity index is 1.46. The summed E-state index contributed by atoms with van der Waals surface area (Å²) < 4.78 is 26.1. The van der Waals surface area contributed by atoms with Crippen molar-refractivity contribution in [3.63, 3.8) is 0 Å². The van der Waals surface area contributed by atoms with Crippen LogP contribution in [0, 0.1) is 11.6 Å². The van der Waals surface area contributed by atoms with E-state index in [1.807, 2.05) is 48.5 Å². The Kier molecular flexibility index (Phi) is 5.11. The fraction of sp³-hybridized carbons (Fsp3) is 0. The van der Waals surface area contributed by atoms with Crippen molar-refractivity contribution >= 4 is 12.2 Å². The molecule has 4 rings (SSSR count). The molecule has 0 aliphatic carbocycles. The summed E-state index contributed by atoms with van der Waals surface area (Å²) in [6.07, 6.45) is 4.11. The largest absolute Gasteiger partial charge is 0.207 e. The van der Waals surface area contributed by atoms with Gasteiger partial charge in [0, 0.05) is 0 Å². The molecule has 28 heavy (non-hydrogen) atoms. The highest BCUT2D eigenvalue weighted by atomic mass is 19.1. The van der Waals surface area contributed by atoms with Crippen molar-refractivity contribution in [1.82, 2.24) is 0 Å². The third kappa shape index (κ3) is 4.24. The molecule has 0 aromatic heterocycles. The van der Waals surface area contributed by atoms with Gasteiger partial charge in [-0.3, -0.25) is 0 Å². The van der Waals surface area contributed by atoms with Crippen molar-refractivity contribution < 1.29 is 8.78 Å². The molecule has 0 radical (unpaired) electrons. The van der Waals surface area contributed by atoms with Gasteiger partial charge in [-0.05, 0) is 57.6 Å². The summed E-state index contributed by atoms with van der Waals surface area (Å²) >= 11 is 0. The first-order chi connectivity index (χ1) is 13.7. The van der Waals surface area contributed by atoms with E-state index in [0.29, 0.717) is 0 Å². The Morgan fingerprint density at radius 1 is 0.357 bits per heavy atom. The summed E-state index contributed by atoms with van der Waals surface area (Å²) in [5.41, 5.74) is 6.28. The van der Waals surface area contributed by atoms with Gasteiger partial charge in [-0.1, -0.05) is 84.9 Å². The molecule has 136 valence electrons. The lowest BCUT2D eigenvalue weighted by Crippen LogP contribution is -1.81. The predicted molar refractivity (Wildman–Crippen MR) is 113 cm³/mol. The summed E-state index contributed by atoms with van der Waals surface area (Å²) in [5.74, 6) is -0.456. The SMILES string of the molecule is Fc1ccc(-c2ccc(/C=C/c3ccc(-c4ccc(F)cc4)cc3)cc2)cc1. The van der Waals surface area contributed by atoms with Gasteiger partial charge in [0.1, 0.15) is 11.6 Å². The van der Waals surface area contributed by atoms with E-state index in [0.717, 1.165) is 33.4 Å². The average molecular weight is 368 g/mol. The highest BCUT2D eigenvalue weighted by Crippen LogP contribution is 2.22. The fourth-order valence-electron chi connectivity index (χ4n) is 3.05. The van der Waals surface area contributed by atoms with Crippen molar-refractivity contribution in [2.75, 3.05) is 0 Å². The Morgan fingerprint density at radius 2 is 0.607 bits per heavy atom. The van der Waals surface area contributed by atoms with Crippen LogP contribution in [0.25, 0.3) is 34.4 Å². The third-order valence-corrected chi connectivity index (χ3v) is 4.64. The Labute approximate surface area is 163 Å². The minimum absolute atomic E-state index is 0.228. The highest BCUT2D eigenvalue weighted by molar-refractivity contribution is 5.73. The molecule has 0 fully saturated rings. The van der Waals surface area contributed by atoms with E-state index < -0.39 is 0 Å². The summed E-state index contributed by atoms with van der Waals surface area (Å²) in [6.45, 7) is 0. The van der Waals surface area contributed by atoms with Crippen LogP contribution >= 0.6 is 0 Å². The van der Waals surface area contributed by atoms with Gasteiger partial charge in [0.15, 0.2) is 0 Å². The van der Waals surface area contributed by atoms with Gasteiger partial charge in [-0.2, -0.15) is 0 Å². The fourth-order valence-corrected chi connectivity index (χ4v) is 3.05. The highest BCUT2D eigenvalue weighted by Gasteiger charge is 1.99. The van der Waals surface area contributed by atoms with Gasteiger partial charge in [0.2, 0.25) is 0 Å². The molecule has 0 saturated heterocycles. The molecule has 0 aliphatic heterocycles. The van der Waals surface area contributed by atoms with Crippen LogP contribution in [0.3, 0.4) is 0 Å². The minimum Gasteiger partial charge on any atom is -0.207 e. The van der Waals surface area contributed by atoms with Crippen molar-refractivity contribution in [3.05, 3.63) is 120 Å². The Morgan fingerprint density at radius 3 is 0.893 bits per heavy atom. The molecule has 0 heterocycles. The minimum atomic E-state index is -0.228. The molecule has 0 aliphatic rings. The van der Waals surface area contributed by atoms with Crippen molar-refractivity contribution in [2.45, 2.75) is 0 Å². The monoisotopic (exact) mass is 368 g/mol. The number of hydrogen-bond acceptors (Lipinski definition) is 0. The van der Waals surface area contributed by atoms with E-state index in [4.69, 9.17) is 0 Å². The first-order valence-electron chi connectivity index (χ1n) is 9.07. The van der Waals surface area contributed by atoms with Gasteiger partial charge >= 0.3 is 0 Å². The maximum atomic E-state index is 13.0. The van der Waals surface area contributed by atoms with Crippen LogP contribution in [0.4, 0.5) is 8.78 Å². The zero-order chi connectivity index (χ0) is 19.3. The van der Waals surface area contributed by atoms with Crippen molar-refractivity contribution in [1.29, 1.82) is 0 Å². The van der Waals surface area contributed by atoms with Gasteiger partial charge < -0.3 is 0 Å². The molecular formula is C26H18F2. The van der Waals surface area contributed by atoms with Crippen LogP contribution in [0.15, 0.2) is 97.1 Å². The molecule has 0 amide bonds. The predicted octanol–water partition coefficient (Wildman–Crippen LogP) is 7.47. The molecule has 0 nitrogen and oxygen atoms in total. The standard InChI is InChI=1S/C26H18F2/c27-25-15-11-23(12-16-25)21-7-3-19(4-8-21)1-2-20-5-9-22(10-6-20)24-13-17-26(28)18-14-24/h1-18H/b2-1+. The normalized spacial score (nSPS) is 11.1. The molecular weight excluding hydrogens is 350 g/mol. The number of rotatable bonds is 4. The second-order valence-corrected chi connectivity index (χ2v) is 6.59. The second-order valence-electron chi connectivity index (χ2n) is 6.59. The van der Waals surface area contributed by atoms with E-state index >= 15 is 0 Å². The van der Waals surface area contributed by atoms with Crippen molar-refractivity contribution in [2.24, 2.45) is 0 Å². The van der Waals surface area contributed by atoms with Crippen LogP contribution in [0.1, 0.15) is 11.1 Å². The Hall–Kier alpha value is -3.52. The molecule has 4 aromatic carbocycles. The van der Waals surface area contributed by atoms with Gasteiger partial charge in [-0.15, -0.1) is 0 Å². The summed E-state index contributed by atoms with van der Waals surface area (Å²) in [5, 5.41) is 0. The van der Waals surface area contributed by atoms with E-state index in [1.165, 1.54) is 24.3 Å². The summed E-state index contributed by atoms with van der Waals surface area (Å²) in [6, 6.07) is 29.3. The molecule has 0 N–H and O–H groups in total. The molecule has 0 unspecified atom stereocenters. The smallest absolute Gasteiger partial charge is 0.123 e. The summed E-state index contributed by atoms with van der Waals surface area (Å²) in [7, 11) is 0. The summed E-state index contributed by atoms with van der Waals surface area (Å²) in [4.78, 5) is 0. The van der Waals surface area contributed by atoms with E-state index in [2.05, 4.69) is 12.2 Å². The van der Waals surface area contributed by atoms with E-state index in [9.17, 15) is 8.78 Å². The third-order valence-electron chi connectivity index (χ3n) is 4.64. The van der Waals surface area contributed by atoms with Crippen LogP contribution < -0.4 is 0 Å². The number of hydrogen-bond donors (Lipinski definition) is 0. The lowest BCUT2D eigenvalue weighted by molar-refractivity contribution is 0.627. The second kappa shape index (κ2) is 8.01. The zero-order valence-electron chi connectivity index (χ0n) is 15.1. The maximum Gasteiger partial charge on any atom is 0.123 e. The van der Waals surface area contributed by atoms with Crippen LogP contribution in [-0.2, 0) is 0 Å². The average Bonchev–Trinajstić information content (AvgIpc) is 2.74. The topological polar surface area (TPSA) is 0 Å². The van der Waals surface area contributed by atoms with Crippen LogP contribution in [0.2, 0.25) is 0 Å². The van der Waals surface area contributed by atoms with Gasteiger partial charge in [0.05, 0.1) is 0 Å². The van der Waals surface area contributed by atoms with E-state index in [1.54, 1.807) is 24.3 Å². The molecule has 0 spiro atoms. The van der Waals surface area contributed by atoms with E-state index in [-0.39, 0.29) is 11.6 Å².